The van der Waals surface area contributed by atoms with Crippen LogP contribution in [0.2, 0.25) is 0 Å². The highest BCUT2D eigenvalue weighted by atomic mass is 16.5. The summed E-state index contributed by atoms with van der Waals surface area (Å²) < 4.78 is 5.78. The molecule has 5 atom stereocenters. The number of aliphatic hydroxyl groups excluding tert-OH is 1. The van der Waals surface area contributed by atoms with Gasteiger partial charge in [0.2, 0.25) is 0 Å². The third-order valence-electron chi connectivity index (χ3n) is 9.04. The first-order chi connectivity index (χ1) is 14.5. The first-order valence-electron chi connectivity index (χ1n) is 12.9. The Morgan fingerprint density at radius 2 is 2.03 bits per heavy atom. The molecular weight excluding hydrogens is 370 g/mol. The van der Waals surface area contributed by atoms with Gasteiger partial charge in [-0.25, -0.2) is 0 Å². The Balaban J connectivity index is 1.40. The standard InChI is InChI=1S/C27H45NO2/c1-20(2)26-19-30-17-16-28(26)15-13-23-11-12-25-22(7-5-14-27(23,25)3)10-9-21-6-4-8-24(29)18-21/h9-10,20,23-26,29H,4-8,11-19H2,1-3H3/b21-9-,22-10+/t23-,24?,25?,26?,27?/m1/s1. The second-order valence-corrected chi connectivity index (χ2v) is 11.2. The van der Waals surface area contributed by atoms with E-state index in [0.29, 0.717) is 17.4 Å². The van der Waals surface area contributed by atoms with Crippen molar-refractivity contribution in [2.75, 3.05) is 26.3 Å². The average molecular weight is 416 g/mol. The van der Waals surface area contributed by atoms with E-state index in [4.69, 9.17) is 4.74 Å². The van der Waals surface area contributed by atoms with Crippen molar-refractivity contribution in [3.63, 3.8) is 0 Å². The van der Waals surface area contributed by atoms with Crippen LogP contribution in [0.1, 0.15) is 85.0 Å². The Bertz CT molecular complexity index is 639. The highest BCUT2D eigenvalue weighted by molar-refractivity contribution is 5.25. The lowest BCUT2D eigenvalue weighted by atomic mass is 9.63. The molecule has 3 nitrogen and oxygen atoms in total. The summed E-state index contributed by atoms with van der Waals surface area (Å²) in [5, 5.41) is 9.99. The summed E-state index contributed by atoms with van der Waals surface area (Å²) in [7, 11) is 0. The molecule has 3 heteroatoms. The number of hydrogen-bond acceptors (Lipinski definition) is 3. The predicted molar refractivity (Wildman–Crippen MR) is 124 cm³/mol. The van der Waals surface area contributed by atoms with Crippen LogP contribution in [0.15, 0.2) is 23.3 Å². The molecule has 1 N–H and O–H groups in total. The zero-order valence-electron chi connectivity index (χ0n) is 19.7. The van der Waals surface area contributed by atoms with E-state index >= 15 is 0 Å². The van der Waals surface area contributed by atoms with E-state index in [-0.39, 0.29) is 6.10 Å². The molecule has 1 saturated heterocycles. The number of allylic oxidation sites excluding steroid dienone is 3. The molecule has 170 valence electrons. The van der Waals surface area contributed by atoms with E-state index in [9.17, 15) is 5.11 Å². The Morgan fingerprint density at radius 3 is 2.83 bits per heavy atom. The molecule has 0 radical (unpaired) electrons. The lowest BCUT2D eigenvalue weighted by Gasteiger charge is -2.44. The lowest BCUT2D eigenvalue weighted by molar-refractivity contribution is -0.0291. The molecule has 4 rings (SSSR count). The fourth-order valence-corrected chi connectivity index (χ4v) is 7.14. The molecule has 0 spiro atoms. The Labute approximate surface area is 184 Å². The minimum absolute atomic E-state index is 0.106. The van der Waals surface area contributed by atoms with E-state index < -0.39 is 0 Å². The molecular formula is C27H45NO2. The molecule has 4 unspecified atom stereocenters. The number of morpholine rings is 1. The van der Waals surface area contributed by atoms with Gasteiger partial charge in [-0.3, -0.25) is 4.90 Å². The smallest absolute Gasteiger partial charge is 0.0624 e. The van der Waals surface area contributed by atoms with Crippen molar-refractivity contribution in [3.8, 4) is 0 Å². The summed E-state index contributed by atoms with van der Waals surface area (Å²) >= 11 is 0. The molecule has 3 aliphatic carbocycles. The van der Waals surface area contributed by atoms with E-state index in [1.165, 1.54) is 57.1 Å². The van der Waals surface area contributed by atoms with Crippen LogP contribution in [0.25, 0.3) is 0 Å². The fourth-order valence-electron chi connectivity index (χ4n) is 7.14. The highest BCUT2D eigenvalue weighted by Crippen LogP contribution is 2.58. The molecule has 0 bridgehead atoms. The molecule has 4 aliphatic rings. The maximum Gasteiger partial charge on any atom is 0.0624 e. The van der Waals surface area contributed by atoms with E-state index in [1.807, 2.05) is 0 Å². The van der Waals surface area contributed by atoms with Crippen LogP contribution in [0, 0.1) is 23.2 Å². The normalized spacial score (nSPS) is 41.0. The van der Waals surface area contributed by atoms with Crippen molar-refractivity contribution in [1.82, 2.24) is 4.90 Å². The number of nitrogens with zero attached hydrogens (tertiary/aromatic N) is 1. The first kappa shape index (κ1) is 22.6. The fraction of sp³-hybridized carbons (Fsp3) is 0.852. The van der Waals surface area contributed by atoms with Gasteiger partial charge < -0.3 is 9.84 Å². The van der Waals surface area contributed by atoms with Crippen LogP contribution in [-0.2, 0) is 4.74 Å². The first-order valence-corrected chi connectivity index (χ1v) is 12.9. The van der Waals surface area contributed by atoms with Crippen molar-refractivity contribution >= 4 is 0 Å². The van der Waals surface area contributed by atoms with Gasteiger partial charge in [0.1, 0.15) is 0 Å². The van der Waals surface area contributed by atoms with Crippen molar-refractivity contribution in [2.45, 2.75) is 97.1 Å². The quantitative estimate of drug-likeness (QED) is 0.622. The highest BCUT2D eigenvalue weighted by Gasteiger charge is 2.48. The number of hydrogen-bond donors (Lipinski definition) is 1. The van der Waals surface area contributed by atoms with E-state index in [2.05, 4.69) is 37.8 Å². The lowest BCUT2D eigenvalue weighted by Crippen LogP contribution is -2.49. The molecule has 1 aliphatic heterocycles. The van der Waals surface area contributed by atoms with Crippen LogP contribution in [0.5, 0.6) is 0 Å². The van der Waals surface area contributed by atoms with Crippen LogP contribution >= 0.6 is 0 Å². The molecule has 0 aromatic carbocycles. The van der Waals surface area contributed by atoms with Gasteiger partial charge in [-0.1, -0.05) is 44.1 Å². The average Bonchev–Trinajstić information content (AvgIpc) is 3.07. The monoisotopic (exact) mass is 415 g/mol. The minimum atomic E-state index is -0.106. The number of ether oxygens (including phenoxy) is 1. The number of fused-ring (bicyclic) bond motifs is 1. The topological polar surface area (TPSA) is 32.7 Å². The summed E-state index contributed by atoms with van der Waals surface area (Å²) in [5.74, 6) is 2.32. The number of rotatable bonds is 5. The van der Waals surface area contributed by atoms with Gasteiger partial charge in [-0.15, -0.1) is 0 Å². The van der Waals surface area contributed by atoms with E-state index in [1.54, 1.807) is 5.57 Å². The largest absolute Gasteiger partial charge is 0.393 e. The molecule has 4 fully saturated rings. The SMILES string of the molecule is CC(C)C1COCCN1CC[C@H]1CCC2/C(=C/C=C3/CCCC(O)C3)CCCC21C. The molecule has 30 heavy (non-hydrogen) atoms. The zero-order valence-corrected chi connectivity index (χ0v) is 19.7. The van der Waals surface area contributed by atoms with Gasteiger partial charge >= 0.3 is 0 Å². The van der Waals surface area contributed by atoms with Gasteiger partial charge in [-0.05, 0) is 93.9 Å². The van der Waals surface area contributed by atoms with Crippen molar-refractivity contribution in [3.05, 3.63) is 23.3 Å². The second kappa shape index (κ2) is 9.88. The van der Waals surface area contributed by atoms with Gasteiger partial charge in [0.05, 0.1) is 19.3 Å². The van der Waals surface area contributed by atoms with Crippen LogP contribution in [0.3, 0.4) is 0 Å². The Morgan fingerprint density at radius 1 is 1.17 bits per heavy atom. The minimum Gasteiger partial charge on any atom is -0.393 e. The molecule has 0 aromatic rings. The second-order valence-electron chi connectivity index (χ2n) is 11.2. The molecule has 0 amide bonds. The van der Waals surface area contributed by atoms with Gasteiger partial charge in [0, 0.05) is 12.6 Å². The third kappa shape index (κ3) is 4.89. The summed E-state index contributed by atoms with van der Waals surface area (Å²) in [4.78, 5) is 2.73. The number of aliphatic hydroxyl groups is 1. The van der Waals surface area contributed by atoms with Crippen molar-refractivity contribution in [2.24, 2.45) is 23.2 Å². The maximum absolute atomic E-state index is 9.99. The third-order valence-corrected chi connectivity index (χ3v) is 9.04. The summed E-state index contributed by atoms with van der Waals surface area (Å²) in [6.07, 6.45) is 17.2. The summed E-state index contributed by atoms with van der Waals surface area (Å²) in [6, 6.07) is 0.600. The Hall–Kier alpha value is -0.640. The molecule has 3 saturated carbocycles. The Kier molecular flexibility index (Phi) is 7.42. The van der Waals surface area contributed by atoms with Crippen LogP contribution in [0.4, 0.5) is 0 Å². The van der Waals surface area contributed by atoms with Gasteiger partial charge in [0.25, 0.3) is 0 Å². The van der Waals surface area contributed by atoms with Crippen molar-refractivity contribution in [1.29, 1.82) is 0 Å². The maximum atomic E-state index is 9.99. The molecule has 0 aromatic heterocycles. The van der Waals surface area contributed by atoms with Gasteiger partial charge in [0.15, 0.2) is 0 Å². The summed E-state index contributed by atoms with van der Waals surface area (Å²) in [6.45, 7) is 11.5. The van der Waals surface area contributed by atoms with Crippen LogP contribution in [-0.4, -0.2) is 48.5 Å². The summed E-state index contributed by atoms with van der Waals surface area (Å²) in [5.41, 5.74) is 3.68. The van der Waals surface area contributed by atoms with Gasteiger partial charge in [-0.2, -0.15) is 0 Å². The zero-order chi connectivity index (χ0) is 21.1. The van der Waals surface area contributed by atoms with Crippen LogP contribution < -0.4 is 0 Å². The van der Waals surface area contributed by atoms with Crippen molar-refractivity contribution < 1.29 is 9.84 Å². The van der Waals surface area contributed by atoms with E-state index in [0.717, 1.165) is 50.9 Å². The molecule has 1 heterocycles. The predicted octanol–water partition coefficient (Wildman–Crippen LogP) is 5.74.